The normalized spacial score (nSPS) is 10.6. The minimum absolute atomic E-state index is 0.000534. The van der Waals surface area contributed by atoms with Crippen LogP contribution in [0.1, 0.15) is 10.4 Å². The summed E-state index contributed by atoms with van der Waals surface area (Å²) in [7, 11) is -0.973. The van der Waals surface area contributed by atoms with Crippen LogP contribution in [0.5, 0.6) is 11.5 Å². The largest absolute Gasteiger partial charge is 0.497 e. The zero-order chi connectivity index (χ0) is 19.3. The molecule has 0 saturated heterocycles. The zero-order valence-corrected chi connectivity index (χ0v) is 16.4. The Balaban J connectivity index is 1.89. The number of nitrogens with one attached hydrogen (secondary N) is 1. The molecule has 1 heterocycles. The summed E-state index contributed by atoms with van der Waals surface area (Å²) in [5, 5.41) is 1.95. The fourth-order valence-electron chi connectivity index (χ4n) is 2.35. The second-order valence-corrected chi connectivity index (χ2v) is 8.03. The molecule has 27 heavy (non-hydrogen) atoms. The maximum absolute atomic E-state index is 12.8. The van der Waals surface area contributed by atoms with Crippen molar-refractivity contribution in [3.63, 3.8) is 0 Å². The molecule has 138 valence electrons. The third-order valence-corrected chi connectivity index (χ3v) is 5.81. The number of sulfonamides is 1. The van der Waals surface area contributed by atoms with Crippen LogP contribution in [0.2, 0.25) is 0 Å². The van der Waals surface area contributed by atoms with Gasteiger partial charge in [0.1, 0.15) is 16.4 Å². The van der Waals surface area contributed by atoms with E-state index in [0.717, 1.165) is 4.88 Å². The smallest absolute Gasteiger partial charge is 0.265 e. The second kappa shape index (κ2) is 8.16. The van der Waals surface area contributed by atoms with Crippen molar-refractivity contribution in [2.75, 3.05) is 18.9 Å². The van der Waals surface area contributed by atoms with Crippen molar-refractivity contribution in [1.82, 2.24) is 0 Å². The van der Waals surface area contributed by atoms with Crippen LogP contribution in [-0.4, -0.2) is 22.6 Å². The van der Waals surface area contributed by atoms with Crippen molar-refractivity contribution < 1.29 is 17.9 Å². The maximum atomic E-state index is 12.8. The number of hydrogen-bond acceptors (Lipinski definition) is 5. The lowest BCUT2D eigenvalue weighted by Gasteiger charge is -2.13. The number of methoxy groups -OCH3 is 2. The van der Waals surface area contributed by atoms with E-state index in [0.29, 0.717) is 17.0 Å². The molecule has 2 aromatic carbocycles. The molecule has 0 saturated carbocycles. The van der Waals surface area contributed by atoms with Crippen LogP contribution >= 0.6 is 11.3 Å². The molecule has 0 atom stereocenters. The van der Waals surface area contributed by atoms with Gasteiger partial charge in [-0.3, -0.25) is 4.72 Å². The topological polar surface area (TPSA) is 64.6 Å². The van der Waals surface area contributed by atoms with Crippen LogP contribution in [0.3, 0.4) is 0 Å². The Morgan fingerprint density at radius 1 is 0.963 bits per heavy atom. The highest BCUT2D eigenvalue weighted by Crippen LogP contribution is 2.29. The standard InChI is InChI=1S/C20H17NO4S2/c1-24-17-9-11-19(25-2)20(14-17)27(22,23)21-16-6-3-5-15(13-16)8-10-18-7-4-12-26-18/h3-7,9,11-14,21H,1-2H3. The molecule has 0 spiro atoms. The Kier molecular flexibility index (Phi) is 5.69. The fourth-order valence-corrected chi connectivity index (χ4v) is 4.15. The number of rotatable bonds is 5. The van der Waals surface area contributed by atoms with Gasteiger partial charge in [-0.2, -0.15) is 0 Å². The molecule has 3 rings (SSSR count). The average molecular weight is 399 g/mol. The highest BCUT2D eigenvalue weighted by atomic mass is 32.2. The molecule has 5 nitrogen and oxygen atoms in total. The van der Waals surface area contributed by atoms with Crippen LogP contribution < -0.4 is 14.2 Å². The van der Waals surface area contributed by atoms with Crippen molar-refractivity contribution in [3.8, 4) is 23.3 Å². The quantitative estimate of drug-likeness (QED) is 0.660. The Bertz CT molecular complexity index is 1090. The lowest BCUT2D eigenvalue weighted by Crippen LogP contribution is -2.14. The van der Waals surface area contributed by atoms with Gasteiger partial charge in [-0.05, 0) is 41.8 Å². The summed E-state index contributed by atoms with van der Waals surface area (Å²) in [6.45, 7) is 0. The van der Waals surface area contributed by atoms with E-state index in [1.807, 2.05) is 23.6 Å². The Labute approximate surface area is 162 Å². The summed E-state index contributed by atoms with van der Waals surface area (Å²) in [5.41, 5.74) is 1.12. The van der Waals surface area contributed by atoms with Gasteiger partial charge in [-0.25, -0.2) is 8.42 Å². The van der Waals surface area contributed by atoms with E-state index in [4.69, 9.17) is 9.47 Å². The molecule has 0 aliphatic heterocycles. The first kappa shape index (κ1) is 18.8. The summed E-state index contributed by atoms with van der Waals surface area (Å²) in [4.78, 5) is 0.946. The molecular weight excluding hydrogens is 382 g/mol. The van der Waals surface area contributed by atoms with E-state index < -0.39 is 10.0 Å². The summed E-state index contributed by atoms with van der Waals surface area (Å²) < 4.78 is 38.5. The van der Waals surface area contributed by atoms with Gasteiger partial charge in [0.25, 0.3) is 10.0 Å². The lowest BCUT2D eigenvalue weighted by molar-refractivity contribution is 0.392. The highest BCUT2D eigenvalue weighted by molar-refractivity contribution is 7.92. The molecule has 0 amide bonds. The molecule has 0 radical (unpaired) electrons. The van der Waals surface area contributed by atoms with Gasteiger partial charge in [-0.1, -0.05) is 24.0 Å². The fraction of sp³-hybridized carbons (Fsp3) is 0.100. The van der Waals surface area contributed by atoms with Crippen LogP contribution in [0.4, 0.5) is 5.69 Å². The van der Waals surface area contributed by atoms with E-state index >= 15 is 0 Å². The van der Waals surface area contributed by atoms with Crippen LogP contribution in [0.15, 0.2) is 64.9 Å². The average Bonchev–Trinajstić information content (AvgIpc) is 3.19. The van der Waals surface area contributed by atoms with Crippen molar-refractivity contribution >= 4 is 27.0 Å². The third-order valence-electron chi connectivity index (χ3n) is 3.63. The summed E-state index contributed by atoms with van der Waals surface area (Å²) in [6.07, 6.45) is 0. The number of ether oxygens (including phenoxy) is 2. The van der Waals surface area contributed by atoms with E-state index in [1.165, 1.54) is 20.3 Å². The summed E-state index contributed by atoms with van der Waals surface area (Å²) >= 11 is 1.55. The molecule has 1 N–H and O–H groups in total. The third kappa shape index (κ3) is 4.61. The summed E-state index contributed by atoms with van der Waals surface area (Å²) in [5.74, 6) is 6.74. The first-order valence-electron chi connectivity index (χ1n) is 7.92. The van der Waals surface area contributed by atoms with Crippen molar-refractivity contribution in [3.05, 3.63) is 70.4 Å². The van der Waals surface area contributed by atoms with E-state index in [9.17, 15) is 8.42 Å². The van der Waals surface area contributed by atoms with E-state index in [-0.39, 0.29) is 10.6 Å². The van der Waals surface area contributed by atoms with Crippen LogP contribution in [0.25, 0.3) is 0 Å². The van der Waals surface area contributed by atoms with Gasteiger partial charge in [0.15, 0.2) is 0 Å². The second-order valence-electron chi connectivity index (χ2n) is 5.43. The first-order valence-corrected chi connectivity index (χ1v) is 10.3. The minimum atomic E-state index is -3.86. The van der Waals surface area contributed by atoms with Crippen molar-refractivity contribution in [2.45, 2.75) is 4.90 Å². The minimum Gasteiger partial charge on any atom is -0.497 e. The number of hydrogen-bond donors (Lipinski definition) is 1. The van der Waals surface area contributed by atoms with Crippen molar-refractivity contribution in [1.29, 1.82) is 0 Å². The zero-order valence-electron chi connectivity index (χ0n) is 14.7. The predicted molar refractivity (Wildman–Crippen MR) is 107 cm³/mol. The molecule has 7 heteroatoms. The Morgan fingerprint density at radius 2 is 1.81 bits per heavy atom. The molecule has 1 aromatic heterocycles. The summed E-state index contributed by atoms with van der Waals surface area (Å²) in [6, 6.07) is 15.4. The van der Waals surface area contributed by atoms with E-state index in [2.05, 4.69) is 16.6 Å². The number of thiophene rings is 1. The van der Waals surface area contributed by atoms with Crippen LogP contribution in [-0.2, 0) is 10.0 Å². The highest BCUT2D eigenvalue weighted by Gasteiger charge is 2.20. The van der Waals surface area contributed by atoms with Gasteiger partial charge in [0.05, 0.1) is 24.8 Å². The van der Waals surface area contributed by atoms with Crippen LogP contribution in [0, 0.1) is 11.8 Å². The van der Waals surface area contributed by atoms with Gasteiger partial charge >= 0.3 is 0 Å². The Morgan fingerprint density at radius 3 is 2.52 bits per heavy atom. The SMILES string of the molecule is COc1ccc(OC)c(S(=O)(=O)Nc2cccc(C#Cc3cccs3)c2)c1. The molecular formula is C20H17NO4S2. The van der Waals surface area contributed by atoms with E-state index in [1.54, 1.807) is 41.7 Å². The number of benzene rings is 2. The molecule has 0 aliphatic carbocycles. The number of anilines is 1. The van der Waals surface area contributed by atoms with Gasteiger partial charge < -0.3 is 9.47 Å². The molecule has 0 unspecified atom stereocenters. The first-order chi connectivity index (χ1) is 13.0. The Hall–Kier alpha value is -2.95. The van der Waals surface area contributed by atoms with Crippen molar-refractivity contribution in [2.24, 2.45) is 0 Å². The monoisotopic (exact) mass is 399 g/mol. The molecule has 0 bridgehead atoms. The lowest BCUT2D eigenvalue weighted by atomic mass is 10.2. The predicted octanol–water partition coefficient (Wildman–Crippen LogP) is 3.97. The molecule has 0 aliphatic rings. The van der Waals surface area contributed by atoms with Gasteiger partial charge in [0.2, 0.25) is 0 Å². The van der Waals surface area contributed by atoms with Gasteiger partial charge in [0, 0.05) is 11.6 Å². The maximum Gasteiger partial charge on any atom is 0.265 e. The molecule has 0 fully saturated rings. The van der Waals surface area contributed by atoms with Gasteiger partial charge in [-0.15, -0.1) is 11.3 Å². The molecule has 3 aromatic rings.